The number of nitrogens with zero attached hydrogens (tertiary/aromatic N) is 3. The van der Waals surface area contributed by atoms with E-state index in [-0.39, 0.29) is 12.4 Å². The predicted molar refractivity (Wildman–Crippen MR) is 63.8 cm³/mol. The molecule has 0 aliphatic heterocycles. The van der Waals surface area contributed by atoms with Crippen molar-refractivity contribution >= 4 is 5.97 Å². The number of carboxylic acid groups (broad SMARTS) is 1. The Morgan fingerprint density at radius 3 is 2.78 bits per heavy atom. The summed E-state index contributed by atoms with van der Waals surface area (Å²) in [5.74, 6) is -1.39. The molecule has 0 radical (unpaired) electrons. The second-order valence-corrected chi connectivity index (χ2v) is 3.82. The van der Waals surface area contributed by atoms with E-state index in [1.54, 1.807) is 35.0 Å². The molecule has 0 spiro atoms. The van der Waals surface area contributed by atoms with E-state index in [4.69, 9.17) is 5.26 Å². The van der Waals surface area contributed by atoms with Crippen molar-refractivity contribution in [2.24, 2.45) is 0 Å². The largest absolute Gasteiger partial charge is 0.481 e. The van der Waals surface area contributed by atoms with E-state index in [9.17, 15) is 9.90 Å². The van der Waals surface area contributed by atoms with Crippen LogP contribution in [0.5, 0.6) is 0 Å². The van der Waals surface area contributed by atoms with Crippen molar-refractivity contribution in [3.8, 4) is 6.07 Å². The zero-order valence-electron chi connectivity index (χ0n) is 9.52. The Kier molecular flexibility index (Phi) is 3.39. The Morgan fingerprint density at radius 1 is 1.44 bits per heavy atom. The molecule has 0 aliphatic carbocycles. The van der Waals surface area contributed by atoms with Crippen LogP contribution < -0.4 is 0 Å². The van der Waals surface area contributed by atoms with Gasteiger partial charge in [-0.2, -0.15) is 5.26 Å². The van der Waals surface area contributed by atoms with Gasteiger partial charge in [0.15, 0.2) is 0 Å². The highest BCUT2D eigenvalue weighted by atomic mass is 16.4. The number of imidazole rings is 1. The van der Waals surface area contributed by atoms with Crippen LogP contribution in [0.1, 0.15) is 17.3 Å². The van der Waals surface area contributed by atoms with Crippen molar-refractivity contribution in [3.63, 3.8) is 0 Å². The first-order chi connectivity index (χ1) is 8.72. The van der Waals surface area contributed by atoms with Gasteiger partial charge in [-0.1, -0.05) is 30.3 Å². The van der Waals surface area contributed by atoms with E-state index in [1.165, 1.54) is 6.20 Å². The summed E-state index contributed by atoms with van der Waals surface area (Å²) in [6.45, 7) is 0.197. The van der Waals surface area contributed by atoms with Gasteiger partial charge in [0.2, 0.25) is 5.82 Å². The summed E-state index contributed by atoms with van der Waals surface area (Å²) in [6.07, 6.45) is 3.10. The van der Waals surface area contributed by atoms with Gasteiger partial charge in [0.05, 0.1) is 5.92 Å². The molecule has 5 heteroatoms. The van der Waals surface area contributed by atoms with Crippen LogP contribution >= 0.6 is 0 Å². The van der Waals surface area contributed by atoms with Crippen molar-refractivity contribution in [3.05, 3.63) is 54.1 Å². The van der Waals surface area contributed by atoms with Crippen LogP contribution in [0.3, 0.4) is 0 Å². The maximum Gasteiger partial charge on any atom is 0.312 e. The minimum absolute atomic E-state index is 0.197. The molecule has 0 aliphatic rings. The second kappa shape index (κ2) is 5.15. The number of hydrogen-bond donors (Lipinski definition) is 1. The van der Waals surface area contributed by atoms with E-state index >= 15 is 0 Å². The van der Waals surface area contributed by atoms with Crippen LogP contribution in [0.2, 0.25) is 0 Å². The first kappa shape index (κ1) is 11.9. The summed E-state index contributed by atoms with van der Waals surface area (Å²) in [4.78, 5) is 15.2. The number of carboxylic acids is 1. The Balaban J connectivity index is 2.29. The second-order valence-electron chi connectivity index (χ2n) is 3.82. The highest BCUT2D eigenvalue weighted by Gasteiger charge is 2.21. The fourth-order valence-electron chi connectivity index (χ4n) is 1.78. The van der Waals surface area contributed by atoms with Crippen molar-refractivity contribution < 1.29 is 9.90 Å². The lowest BCUT2D eigenvalue weighted by molar-refractivity contribution is -0.139. The van der Waals surface area contributed by atoms with Crippen molar-refractivity contribution in [1.29, 1.82) is 5.26 Å². The van der Waals surface area contributed by atoms with Gasteiger partial charge < -0.3 is 9.67 Å². The molecule has 5 nitrogen and oxygen atoms in total. The zero-order valence-corrected chi connectivity index (χ0v) is 9.52. The molecule has 0 fully saturated rings. The molecule has 1 unspecified atom stereocenters. The Hall–Kier alpha value is -2.61. The van der Waals surface area contributed by atoms with E-state index in [2.05, 4.69) is 4.98 Å². The van der Waals surface area contributed by atoms with Crippen molar-refractivity contribution in [1.82, 2.24) is 9.55 Å². The van der Waals surface area contributed by atoms with E-state index < -0.39 is 11.9 Å². The molecule has 0 bridgehead atoms. The van der Waals surface area contributed by atoms with E-state index in [0.717, 1.165) is 0 Å². The van der Waals surface area contributed by atoms with Gasteiger partial charge in [-0.05, 0) is 5.56 Å². The molecule has 18 heavy (non-hydrogen) atoms. The lowest BCUT2D eigenvalue weighted by Gasteiger charge is -2.13. The normalized spacial score (nSPS) is 11.7. The maximum absolute atomic E-state index is 11.3. The van der Waals surface area contributed by atoms with Crippen LogP contribution in [0.15, 0.2) is 42.7 Å². The molecule has 0 saturated carbocycles. The summed E-state index contributed by atoms with van der Waals surface area (Å²) in [5.41, 5.74) is 0.711. The molecule has 1 heterocycles. The SMILES string of the molecule is N#Cc1nccn1CC(C(=O)O)c1ccccc1. The highest BCUT2D eigenvalue weighted by molar-refractivity contribution is 5.76. The van der Waals surface area contributed by atoms with Crippen LogP contribution in [0, 0.1) is 11.3 Å². The fourth-order valence-corrected chi connectivity index (χ4v) is 1.78. The lowest BCUT2D eigenvalue weighted by atomic mass is 9.99. The number of carbonyl (C=O) groups is 1. The average Bonchev–Trinajstić information content (AvgIpc) is 2.83. The maximum atomic E-state index is 11.3. The Labute approximate surface area is 104 Å². The summed E-state index contributed by atoms with van der Waals surface area (Å²) < 4.78 is 1.55. The number of aliphatic carboxylic acids is 1. The third-order valence-electron chi connectivity index (χ3n) is 2.69. The van der Waals surface area contributed by atoms with E-state index in [1.807, 2.05) is 12.1 Å². The fraction of sp³-hybridized carbons (Fsp3) is 0.154. The third kappa shape index (κ3) is 2.38. The molecule has 2 aromatic rings. The Bertz CT molecular complexity index is 584. The number of aromatic nitrogens is 2. The summed E-state index contributed by atoms with van der Waals surface area (Å²) in [5, 5.41) is 18.1. The quantitative estimate of drug-likeness (QED) is 0.882. The molecule has 0 amide bonds. The Morgan fingerprint density at radius 2 is 2.17 bits per heavy atom. The molecule has 1 aromatic heterocycles. The standard InChI is InChI=1S/C13H11N3O2/c14-8-12-15-6-7-16(12)9-11(13(17)18)10-4-2-1-3-5-10/h1-7,11H,9H2,(H,17,18). The van der Waals surface area contributed by atoms with Gasteiger partial charge in [-0.3, -0.25) is 4.79 Å². The average molecular weight is 241 g/mol. The van der Waals surface area contributed by atoms with E-state index in [0.29, 0.717) is 5.56 Å². The predicted octanol–water partition coefficient (Wildman–Crippen LogP) is 1.62. The van der Waals surface area contributed by atoms with Crippen molar-refractivity contribution in [2.45, 2.75) is 12.5 Å². The first-order valence-corrected chi connectivity index (χ1v) is 5.41. The molecular formula is C13H11N3O2. The van der Waals surface area contributed by atoms with Crippen LogP contribution in [0.25, 0.3) is 0 Å². The van der Waals surface area contributed by atoms with Gasteiger partial charge in [0.1, 0.15) is 6.07 Å². The van der Waals surface area contributed by atoms with Gasteiger partial charge >= 0.3 is 5.97 Å². The smallest absolute Gasteiger partial charge is 0.312 e. The first-order valence-electron chi connectivity index (χ1n) is 5.41. The highest BCUT2D eigenvalue weighted by Crippen LogP contribution is 2.18. The summed E-state index contributed by atoms with van der Waals surface area (Å²) >= 11 is 0. The number of nitriles is 1. The number of benzene rings is 1. The number of rotatable bonds is 4. The summed E-state index contributed by atoms with van der Waals surface area (Å²) in [6, 6.07) is 10.9. The zero-order chi connectivity index (χ0) is 13.0. The van der Waals surface area contributed by atoms with Crippen LogP contribution in [-0.4, -0.2) is 20.6 Å². The van der Waals surface area contributed by atoms with Gasteiger partial charge in [-0.15, -0.1) is 0 Å². The third-order valence-corrected chi connectivity index (χ3v) is 2.69. The minimum Gasteiger partial charge on any atom is -0.481 e. The number of hydrogen-bond acceptors (Lipinski definition) is 3. The van der Waals surface area contributed by atoms with Gasteiger partial charge in [-0.25, -0.2) is 4.98 Å². The molecule has 1 aromatic carbocycles. The van der Waals surface area contributed by atoms with Crippen LogP contribution in [0.4, 0.5) is 0 Å². The summed E-state index contributed by atoms with van der Waals surface area (Å²) in [7, 11) is 0. The molecule has 90 valence electrons. The topological polar surface area (TPSA) is 78.9 Å². The molecule has 2 rings (SSSR count). The lowest BCUT2D eigenvalue weighted by Crippen LogP contribution is -2.18. The molecule has 0 saturated heterocycles. The van der Waals surface area contributed by atoms with Gasteiger partial charge in [0, 0.05) is 18.9 Å². The van der Waals surface area contributed by atoms with Gasteiger partial charge in [0.25, 0.3) is 0 Å². The molecule has 1 atom stereocenters. The minimum atomic E-state index is -0.918. The molecule has 1 N–H and O–H groups in total. The van der Waals surface area contributed by atoms with Crippen molar-refractivity contribution in [2.75, 3.05) is 0 Å². The monoisotopic (exact) mass is 241 g/mol. The van der Waals surface area contributed by atoms with Crippen LogP contribution in [-0.2, 0) is 11.3 Å². The molecular weight excluding hydrogens is 230 g/mol.